The molecule has 0 bridgehead atoms. The van der Waals surface area contributed by atoms with Crippen molar-refractivity contribution in [2.45, 2.75) is 25.7 Å². The molecule has 1 rings (SSSR count). The third kappa shape index (κ3) is 0.860. The molecule has 3 nitrogen and oxygen atoms in total. The van der Waals surface area contributed by atoms with Crippen molar-refractivity contribution in [3.05, 3.63) is 0 Å². The Morgan fingerprint density at radius 1 is 1.50 bits per heavy atom. The Kier molecular flexibility index (Phi) is 1.62. The van der Waals surface area contributed by atoms with Crippen LogP contribution in [0.25, 0.3) is 0 Å². The van der Waals surface area contributed by atoms with E-state index in [2.05, 4.69) is 0 Å². The molecule has 1 N–H and O–H groups in total. The van der Waals surface area contributed by atoms with Crippen LogP contribution in [0, 0.1) is 16.7 Å². The summed E-state index contributed by atoms with van der Waals surface area (Å²) in [6, 6.07) is 1.88. The van der Waals surface area contributed by atoms with Crippen LogP contribution in [0.2, 0.25) is 0 Å². The van der Waals surface area contributed by atoms with E-state index in [9.17, 15) is 4.79 Å². The highest BCUT2D eigenvalue weighted by molar-refractivity contribution is 5.78. The lowest BCUT2D eigenvalue weighted by Crippen LogP contribution is -2.25. The zero-order valence-corrected chi connectivity index (χ0v) is 5.63. The molecule has 1 aliphatic carbocycles. The lowest BCUT2D eigenvalue weighted by molar-refractivity contribution is -0.145. The molecule has 1 fully saturated rings. The van der Waals surface area contributed by atoms with Crippen molar-refractivity contribution >= 4 is 5.97 Å². The van der Waals surface area contributed by atoms with Gasteiger partial charge in [0.2, 0.25) is 0 Å². The third-order valence-corrected chi connectivity index (χ3v) is 2.08. The van der Waals surface area contributed by atoms with Crippen molar-refractivity contribution in [3.63, 3.8) is 0 Å². The van der Waals surface area contributed by atoms with Crippen LogP contribution in [-0.2, 0) is 4.79 Å². The first-order valence-corrected chi connectivity index (χ1v) is 3.36. The Morgan fingerprint density at radius 2 is 2.00 bits per heavy atom. The summed E-state index contributed by atoms with van der Waals surface area (Å²) < 4.78 is 0. The van der Waals surface area contributed by atoms with Gasteiger partial charge in [0.15, 0.2) is 5.41 Å². The topological polar surface area (TPSA) is 61.1 Å². The molecule has 54 valence electrons. The van der Waals surface area contributed by atoms with Crippen molar-refractivity contribution < 1.29 is 9.90 Å². The molecule has 0 heterocycles. The molecule has 0 unspecified atom stereocenters. The minimum Gasteiger partial charge on any atom is -0.480 e. The van der Waals surface area contributed by atoms with Gasteiger partial charge in [-0.3, -0.25) is 4.79 Å². The molecule has 0 saturated heterocycles. The summed E-state index contributed by atoms with van der Waals surface area (Å²) in [6.07, 6.45) is 2.80. The van der Waals surface area contributed by atoms with Gasteiger partial charge in [0, 0.05) is 0 Å². The van der Waals surface area contributed by atoms with Gasteiger partial charge >= 0.3 is 5.97 Å². The minimum absolute atomic E-state index is 0.527. The van der Waals surface area contributed by atoms with E-state index in [4.69, 9.17) is 10.4 Å². The highest BCUT2D eigenvalue weighted by Gasteiger charge is 2.41. The second kappa shape index (κ2) is 2.30. The molecule has 0 radical (unpaired) electrons. The maximum absolute atomic E-state index is 10.5. The highest BCUT2D eigenvalue weighted by Crippen LogP contribution is 2.37. The number of hydrogen-bond donors (Lipinski definition) is 1. The molecule has 0 aliphatic heterocycles. The van der Waals surface area contributed by atoms with E-state index in [1.165, 1.54) is 0 Å². The van der Waals surface area contributed by atoms with Gasteiger partial charge in [0.25, 0.3) is 0 Å². The summed E-state index contributed by atoms with van der Waals surface area (Å²) in [4.78, 5) is 10.5. The summed E-state index contributed by atoms with van der Waals surface area (Å²) in [7, 11) is 0. The van der Waals surface area contributed by atoms with Gasteiger partial charge in [-0.05, 0) is 12.8 Å². The Balaban J connectivity index is 2.80. The average Bonchev–Trinajstić information content (AvgIpc) is 2.35. The molecule has 0 aromatic carbocycles. The van der Waals surface area contributed by atoms with Crippen molar-refractivity contribution in [2.75, 3.05) is 0 Å². The fraction of sp³-hybridized carbons (Fsp3) is 0.714. The molecule has 0 aromatic rings. The largest absolute Gasteiger partial charge is 0.480 e. The molecular formula is C7H9NO2. The van der Waals surface area contributed by atoms with Crippen LogP contribution in [0.3, 0.4) is 0 Å². The molecule has 0 atom stereocenters. The average molecular weight is 139 g/mol. The number of nitriles is 1. The van der Waals surface area contributed by atoms with E-state index >= 15 is 0 Å². The smallest absolute Gasteiger partial charge is 0.324 e. The fourth-order valence-electron chi connectivity index (χ4n) is 1.35. The molecule has 0 aromatic heterocycles. The number of nitrogens with zero attached hydrogens (tertiary/aromatic N) is 1. The van der Waals surface area contributed by atoms with Crippen LogP contribution in [0.5, 0.6) is 0 Å². The second-order valence-corrected chi connectivity index (χ2v) is 2.71. The van der Waals surface area contributed by atoms with E-state index in [0.29, 0.717) is 12.8 Å². The Labute approximate surface area is 59.3 Å². The van der Waals surface area contributed by atoms with Gasteiger partial charge in [-0.2, -0.15) is 5.26 Å². The van der Waals surface area contributed by atoms with E-state index in [-0.39, 0.29) is 0 Å². The summed E-state index contributed by atoms with van der Waals surface area (Å²) in [5, 5.41) is 17.2. The summed E-state index contributed by atoms with van der Waals surface area (Å²) in [5.41, 5.74) is -1.04. The van der Waals surface area contributed by atoms with Gasteiger partial charge in [-0.1, -0.05) is 12.8 Å². The van der Waals surface area contributed by atoms with E-state index in [1.807, 2.05) is 6.07 Å². The van der Waals surface area contributed by atoms with Crippen LogP contribution >= 0.6 is 0 Å². The summed E-state index contributed by atoms with van der Waals surface area (Å²) in [5.74, 6) is -0.951. The first-order chi connectivity index (χ1) is 4.71. The van der Waals surface area contributed by atoms with E-state index in [0.717, 1.165) is 12.8 Å². The molecular weight excluding hydrogens is 130 g/mol. The van der Waals surface area contributed by atoms with Gasteiger partial charge in [0.05, 0.1) is 6.07 Å². The van der Waals surface area contributed by atoms with Crippen LogP contribution < -0.4 is 0 Å². The third-order valence-electron chi connectivity index (χ3n) is 2.08. The van der Waals surface area contributed by atoms with Gasteiger partial charge in [0.1, 0.15) is 0 Å². The predicted octanol–water partition coefficient (Wildman–Crippen LogP) is 1.15. The van der Waals surface area contributed by atoms with E-state index in [1.54, 1.807) is 0 Å². The molecule has 3 heteroatoms. The van der Waals surface area contributed by atoms with Crippen LogP contribution in [0.15, 0.2) is 0 Å². The maximum atomic E-state index is 10.5. The van der Waals surface area contributed by atoms with Crippen molar-refractivity contribution in [1.29, 1.82) is 5.26 Å². The standard InChI is InChI=1S/C7H9NO2/c8-5-7(6(9)10)3-1-2-4-7/h1-4H2,(H,9,10). The number of hydrogen-bond acceptors (Lipinski definition) is 2. The second-order valence-electron chi connectivity index (χ2n) is 2.71. The van der Waals surface area contributed by atoms with Gasteiger partial charge in [-0.25, -0.2) is 0 Å². The van der Waals surface area contributed by atoms with Crippen molar-refractivity contribution in [2.24, 2.45) is 5.41 Å². The number of aliphatic carboxylic acids is 1. The first-order valence-electron chi connectivity index (χ1n) is 3.36. The number of carboxylic acid groups (broad SMARTS) is 1. The summed E-state index contributed by atoms with van der Waals surface area (Å²) in [6.45, 7) is 0. The normalized spacial score (nSPS) is 21.9. The zero-order chi connectivity index (χ0) is 7.61. The van der Waals surface area contributed by atoms with Crippen LogP contribution in [0.4, 0.5) is 0 Å². The van der Waals surface area contributed by atoms with Crippen LogP contribution in [-0.4, -0.2) is 11.1 Å². The Bertz CT molecular complexity index is 186. The van der Waals surface area contributed by atoms with E-state index < -0.39 is 11.4 Å². The Morgan fingerprint density at radius 3 is 2.20 bits per heavy atom. The SMILES string of the molecule is N#CC1(C(=O)O)CCCC1. The summed E-state index contributed by atoms with van der Waals surface area (Å²) >= 11 is 0. The monoisotopic (exact) mass is 139 g/mol. The fourth-order valence-corrected chi connectivity index (χ4v) is 1.35. The lowest BCUT2D eigenvalue weighted by Gasteiger charge is -2.11. The quantitative estimate of drug-likeness (QED) is 0.592. The number of rotatable bonds is 1. The van der Waals surface area contributed by atoms with Crippen molar-refractivity contribution in [1.82, 2.24) is 0 Å². The molecule has 10 heavy (non-hydrogen) atoms. The molecule has 0 amide bonds. The lowest BCUT2D eigenvalue weighted by atomic mass is 9.89. The number of carboxylic acids is 1. The van der Waals surface area contributed by atoms with Crippen LogP contribution in [0.1, 0.15) is 25.7 Å². The van der Waals surface area contributed by atoms with Gasteiger partial charge in [-0.15, -0.1) is 0 Å². The van der Waals surface area contributed by atoms with Crippen molar-refractivity contribution in [3.8, 4) is 6.07 Å². The first kappa shape index (κ1) is 7.07. The highest BCUT2D eigenvalue weighted by atomic mass is 16.4. The van der Waals surface area contributed by atoms with Gasteiger partial charge < -0.3 is 5.11 Å². The maximum Gasteiger partial charge on any atom is 0.324 e. The zero-order valence-electron chi connectivity index (χ0n) is 5.63. The molecule has 1 aliphatic rings. The minimum atomic E-state index is -1.04. The number of carbonyl (C=O) groups is 1. The molecule has 1 saturated carbocycles. The molecule has 0 spiro atoms. The Hall–Kier alpha value is -1.04. The predicted molar refractivity (Wildman–Crippen MR) is 34.1 cm³/mol.